The van der Waals surface area contributed by atoms with Crippen molar-refractivity contribution in [1.29, 1.82) is 0 Å². The van der Waals surface area contributed by atoms with Crippen LogP contribution in [-0.2, 0) is 6.54 Å². The molecule has 5 heteroatoms. The van der Waals surface area contributed by atoms with Crippen molar-refractivity contribution in [2.75, 3.05) is 0 Å². The van der Waals surface area contributed by atoms with Gasteiger partial charge in [0.1, 0.15) is 0 Å². The minimum Gasteiger partial charge on any atom is -0.364 e. The molecule has 1 heterocycles. The summed E-state index contributed by atoms with van der Waals surface area (Å²) in [5.74, 6) is -0.522. The van der Waals surface area contributed by atoms with Gasteiger partial charge < -0.3 is 5.73 Å². The molecule has 0 aliphatic carbocycles. The fourth-order valence-corrected chi connectivity index (χ4v) is 2.45. The number of carbonyl (C=O) groups is 1. The van der Waals surface area contributed by atoms with E-state index in [0.29, 0.717) is 17.3 Å². The number of rotatable bonds is 3. The molecular weight excluding hydrogens is 274 g/mol. The van der Waals surface area contributed by atoms with Gasteiger partial charge in [-0.15, -0.1) is 0 Å². The summed E-state index contributed by atoms with van der Waals surface area (Å²) < 4.78 is 1.76. The molecule has 1 aromatic heterocycles. The van der Waals surface area contributed by atoms with Gasteiger partial charge in [-0.3, -0.25) is 9.48 Å². The molecule has 0 saturated carbocycles. The van der Waals surface area contributed by atoms with E-state index in [-0.39, 0.29) is 0 Å². The topological polar surface area (TPSA) is 60.9 Å². The second-order valence-corrected chi connectivity index (χ2v) is 4.95. The molecule has 4 nitrogen and oxygen atoms in total. The monoisotopic (exact) mass is 285 g/mol. The highest BCUT2D eigenvalue weighted by Crippen LogP contribution is 2.20. The normalized spacial score (nSPS) is 10.8. The maximum Gasteiger partial charge on any atom is 0.269 e. The van der Waals surface area contributed by atoms with Crippen LogP contribution in [0.25, 0.3) is 10.9 Å². The van der Waals surface area contributed by atoms with Crippen LogP contribution in [0.2, 0.25) is 5.02 Å². The van der Waals surface area contributed by atoms with E-state index < -0.39 is 5.91 Å². The van der Waals surface area contributed by atoms with E-state index in [0.717, 1.165) is 16.5 Å². The first-order chi connectivity index (χ1) is 9.65. The van der Waals surface area contributed by atoms with Gasteiger partial charge in [0.25, 0.3) is 5.91 Å². The molecular formula is C15H12ClN3O. The lowest BCUT2D eigenvalue weighted by molar-refractivity contribution is 0.0996. The Balaban J connectivity index is 2.10. The second kappa shape index (κ2) is 4.98. The van der Waals surface area contributed by atoms with Crippen LogP contribution in [0.5, 0.6) is 0 Å². The van der Waals surface area contributed by atoms with Crippen molar-refractivity contribution < 1.29 is 4.79 Å². The van der Waals surface area contributed by atoms with E-state index in [1.165, 1.54) is 0 Å². The number of para-hydroxylation sites is 1. The quantitative estimate of drug-likeness (QED) is 0.804. The average molecular weight is 286 g/mol. The van der Waals surface area contributed by atoms with Crippen LogP contribution in [0.1, 0.15) is 16.1 Å². The van der Waals surface area contributed by atoms with Crippen molar-refractivity contribution in [2.45, 2.75) is 6.54 Å². The van der Waals surface area contributed by atoms with Gasteiger partial charge in [-0.05, 0) is 23.8 Å². The minimum atomic E-state index is -0.522. The molecule has 0 atom stereocenters. The highest BCUT2D eigenvalue weighted by atomic mass is 35.5. The Morgan fingerprint density at radius 2 is 2.00 bits per heavy atom. The first-order valence-corrected chi connectivity index (χ1v) is 6.53. The Bertz CT molecular complexity index is 795. The molecule has 0 spiro atoms. The summed E-state index contributed by atoms with van der Waals surface area (Å²) in [6.45, 7) is 0.536. The highest BCUT2D eigenvalue weighted by Gasteiger charge is 2.14. The fourth-order valence-electron chi connectivity index (χ4n) is 2.24. The molecule has 0 aliphatic heterocycles. The molecule has 0 radical (unpaired) electrons. The van der Waals surface area contributed by atoms with E-state index >= 15 is 0 Å². The van der Waals surface area contributed by atoms with Gasteiger partial charge in [0, 0.05) is 10.4 Å². The van der Waals surface area contributed by atoms with E-state index in [2.05, 4.69) is 5.10 Å². The number of carbonyl (C=O) groups excluding carboxylic acids is 1. The molecule has 2 N–H and O–H groups in total. The first kappa shape index (κ1) is 12.7. The predicted octanol–water partition coefficient (Wildman–Crippen LogP) is 2.84. The van der Waals surface area contributed by atoms with Gasteiger partial charge in [-0.25, -0.2) is 0 Å². The van der Waals surface area contributed by atoms with Crippen LogP contribution in [0, 0.1) is 0 Å². The number of aromatic nitrogens is 2. The van der Waals surface area contributed by atoms with Crippen LogP contribution < -0.4 is 5.73 Å². The number of hydrogen-bond acceptors (Lipinski definition) is 2. The van der Waals surface area contributed by atoms with Crippen LogP contribution in [0.4, 0.5) is 0 Å². The molecule has 0 unspecified atom stereocenters. The summed E-state index contributed by atoms with van der Waals surface area (Å²) >= 11 is 5.98. The Labute approximate surface area is 120 Å². The second-order valence-electron chi connectivity index (χ2n) is 4.52. The molecule has 3 rings (SSSR count). The van der Waals surface area contributed by atoms with Crippen LogP contribution in [0.3, 0.4) is 0 Å². The summed E-state index contributed by atoms with van der Waals surface area (Å²) in [6.07, 6.45) is 0. The molecule has 1 amide bonds. The van der Waals surface area contributed by atoms with E-state index in [1.54, 1.807) is 4.68 Å². The summed E-state index contributed by atoms with van der Waals surface area (Å²) in [6, 6.07) is 15.1. The summed E-state index contributed by atoms with van der Waals surface area (Å²) in [5.41, 5.74) is 7.56. The third kappa shape index (κ3) is 2.26. The van der Waals surface area contributed by atoms with Crippen molar-refractivity contribution in [2.24, 2.45) is 5.73 Å². The fraction of sp³-hybridized carbons (Fsp3) is 0.0667. The Hall–Kier alpha value is -2.33. The predicted molar refractivity (Wildman–Crippen MR) is 78.8 cm³/mol. The lowest BCUT2D eigenvalue weighted by Gasteiger charge is -2.04. The Kier molecular flexibility index (Phi) is 3.16. The van der Waals surface area contributed by atoms with Gasteiger partial charge in [-0.1, -0.05) is 41.9 Å². The van der Waals surface area contributed by atoms with Gasteiger partial charge in [0.15, 0.2) is 5.69 Å². The Morgan fingerprint density at radius 1 is 1.20 bits per heavy atom. The van der Waals surface area contributed by atoms with E-state index in [4.69, 9.17) is 17.3 Å². The van der Waals surface area contributed by atoms with Crippen molar-refractivity contribution in [3.63, 3.8) is 0 Å². The summed E-state index contributed by atoms with van der Waals surface area (Å²) in [4.78, 5) is 11.5. The number of benzene rings is 2. The minimum absolute atomic E-state index is 0.294. The van der Waals surface area contributed by atoms with Gasteiger partial charge in [0.05, 0.1) is 12.1 Å². The average Bonchev–Trinajstić information content (AvgIpc) is 2.78. The van der Waals surface area contributed by atoms with Gasteiger partial charge in [-0.2, -0.15) is 5.10 Å². The third-order valence-electron chi connectivity index (χ3n) is 3.11. The number of amides is 1. The number of halogens is 1. The molecule has 20 heavy (non-hydrogen) atoms. The van der Waals surface area contributed by atoms with Crippen molar-refractivity contribution in [1.82, 2.24) is 9.78 Å². The zero-order valence-corrected chi connectivity index (χ0v) is 11.3. The van der Waals surface area contributed by atoms with Crippen LogP contribution in [-0.4, -0.2) is 15.7 Å². The smallest absolute Gasteiger partial charge is 0.269 e. The first-order valence-electron chi connectivity index (χ1n) is 6.15. The maximum absolute atomic E-state index is 11.5. The number of fused-ring (bicyclic) bond motifs is 1. The number of nitrogens with zero attached hydrogens (tertiary/aromatic N) is 2. The van der Waals surface area contributed by atoms with Crippen molar-refractivity contribution in [3.05, 3.63) is 64.8 Å². The summed E-state index contributed by atoms with van der Waals surface area (Å²) in [5, 5.41) is 5.75. The van der Waals surface area contributed by atoms with Crippen LogP contribution >= 0.6 is 11.6 Å². The van der Waals surface area contributed by atoms with Crippen LogP contribution in [0.15, 0.2) is 48.5 Å². The van der Waals surface area contributed by atoms with Crippen molar-refractivity contribution >= 4 is 28.4 Å². The zero-order valence-electron chi connectivity index (χ0n) is 10.6. The molecule has 0 bridgehead atoms. The lowest BCUT2D eigenvalue weighted by atomic mass is 10.2. The third-order valence-corrected chi connectivity index (χ3v) is 3.35. The number of hydrogen-bond donors (Lipinski definition) is 1. The molecule has 0 saturated heterocycles. The molecule has 2 aromatic carbocycles. The van der Waals surface area contributed by atoms with Gasteiger partial charge >= 0.3 is 0 Å². The van der Waals surface area contributed by atoms with Crippen molar-refractivity contribution in [3.8, 4) is 0 Å². The SMILES string of the molecule is NC(=O)c1nn(Cc2cccc(Cl)c2)c2ccccc12. The molecule has 100 valence electrons. The maximum atomic E-state index is 11.5. The van der Waals surface area contributed by atoms with E-state index in [9.17, 15) is 4.79 Å². The van der Waals surface area contributed by atoms with Gasteiger partial charge in [0.2, 0.25) is 0 Å². The molecule has 3 aromatic rings. The number of primary amides is 1. The summed E-state index contributed by atoms with van der Waals surface area (Å²) in [7, 11) is 0. The van der Waals surface area contributed by atoms with E-state index in [1.807, 2.05) is 48.5 Å². The lowest BCUT2D eigenvalue weighted by Crippen LogP contribution is -2.13. The zero-order chi connectivity index (χ0) is 14.1. The molecule has 0 aliphatic rings. The largest absolute Gasteiger partial charge is 0.364 e. The Morgan fingerprint density at radius 3 is 2.75 bits per heavy atom. The standard InChI is InChI=1S/C15H12ClN3O/c16-11-5-3-4-10(8-11)9-19-13-7-2-1-6-12(13)14(18-19)15(17)20/h1-8H,9H2,(H2,17,20). The highest BCUT2D eigenvalue weighted by molar-refractivity contribution is 6.30. The number of nitrogens with two attached hydrogens (primary N) is 1. The molecule has 0 fully saturated rings.